The molecule has 1 amide bonds. The van der Waals surface area contributed by atoms with E-state index in [1.165, 1.54) is 11.8 Å². The number of nitrogens with one attached hydrogen (secondary N) is 3. The van der Waals surface area contributed by atoms with Crippen molar-refractivity contribution < 1.29 is 14.3 Å². The van der Waals surface area contributed by atoms with Gasteiger partial charge in [0.15, 0.2) is 22.5 Å². The number of aromatic amines is 1. The first kappa shape index (κ1) is 23.0. The van der Waals surface area contributed by atoms with Gasteiger partial charge in [0.05, 0.1) is 25.4 Å². The fraction of sp³-hybridized carbons (Fsp3) is 0.280. The molecule has 0 saturated heterocycles. The van der Waals surface area contributed by atoms with Crippen LogP contribution < -0.4 is 20.1 Å². The topological polar surface area (TPSA) is 114 Å². The Morgan fingerprint density at radius 1 is 1.20 bits per heavy atom. The van der Waals surface area contributed by atoms with Crippen molar-refractivity contribution in [1.82, 2.24) is 20.2 Å². The minimum atomic E-state index is -0.0465. The number of methoxy groups -OCH3 is 1. The molecule has 1 aliphatic rings. The van der Waals surface area contributed by atoms with Crippen LogP contribution in [0.25, 0.3) is 10.9 Å². The smallest absolute Gasteiger partial charge is 0.228 e. The highest BCUT2D eigenvalue weighted by molar-refractivity contribution is 7.98. The van der Waals surface area contributed by atoms with E-state index in [0.717, 1.165) is 34.3 Å². The molecule has 0 bridgehead atoms. The van der Waals surface area contributed by atoms with Crippen molar-refractivity contribution in [2.45, 2.75) is 24.4 Å². The van der Waals surface area contributed by atoms with Crippen LogP contribution >= 0.6 is 11.8 Å². The Labute approximate surface area is 207 Å². The van der Waals surface area contributed by atoms with Gasteiger partial charge in [-0.05, 0) is 67.5 Å². The summed E-state index contributed by atoms with van der Waals surface area (Å²) in [5.74, 6) is 2.73. The third kappa shape index (κ3) is 4.88. The van der Waals surface area contributed by atoms with Crippen LogP contribution in [0.15, 0.2) is 53.8 Å². The molecule has 1 fully saturated rings. The van der Waals surface area contributed by atoms with Crippen LogP contribution in [0.3, 0.4) is 0 Å². The van der Waals surface area contributed by atoms with E-state index >= 15 is 0 Å². The summed E-state index contributed by atoms with van der Waals surface area (Å²) in [4.78, 5) is 21.5. The molecule has 0 aliphatic heterocycles. The Balaban J connectivity index is 1.29. The summed E-state index contributed by atoms with van der Waals surface area (Å²) in [6.07, 6.45) is 4.41. The Bertz CT molecular complexity index is 1360. The summed E-state index contributed by atoms with van der Waals surface area (Å²) >= 11 is 1.46. The van der Waals surface area contributed by atoms with Gasteiger partial charge < -0.3 is 20.1 Å². The third-order valence-corrected chi connectivity index (χ3v) is 6.51. The maximum atomic E-state index is 12.7. The number of rotatable bonds is 9. The van der Waals surface area contributed by atoms with Crippen molar-refractivity contribution in [2.24, 2.45) is 5.92 Å². The number of fused-ring (bicyclic) bond motifs is 1. The Morgan fingerprint density at radius 3 is 2.77 bits per heavy atom. The molecule has 35 heavy (non-hydrogen) atoms. The molecule has 9 nitrogen and oxygen atoms in total. The van der Waals surface area contributed by atoms with Gasteiger partial charge in [-0.25, -0.2) is 9.97 Å². The Morgan fingerprint density at radius 2 is 2.03 bits per heavy atom. The monoisotopic (exact) mass is 490 g/mol. The van der Waals surface area contributed by atoms with Crippen molar-refractivity contribution in [3.63, 3.8) is 0 Å². The lowest BCUT2D eigenvalue weighted by atomic mass is 10.1. The molecular weight excluding hydrogens is 464 g/mol. The van der Waals surface area contributed by atoms with Gasteiger partial charge in [-0.15, -0.1) is 0 Å². The van der Waals surface area contributed by atoms with Gasteiger partial charge >= 0.3 is 0 Å². The number of benzene rings is 2. The Hall–Kier alpha value is -3.79. The molecule has 2 aromatic carbocycles. The van der Waals surface area contributed by atoms with Gasteiger partial charge in [-0.2, -0.15) is 5.10 Å². The molecule has 2 aromatic heterocycles. The molecule has 0 spiro atoms. The molecule has 3 N–H and O–H groups in total. The number of anilines is 3. The molecule has 1 saturated carbocycles. The summed E-state index contributed by atoms with van der Waals surface area (Å²) in [6, 6.07) is 13.5. The van der Waals surface area contributed by atoms with E-state index < -0.39 is 0 Å². The summed E-state index contributed by atoms with van der Waals surface area (Å²) in [7, 11) is 1.62. The lowest BCUT2D eigenvalue weighted by Crippen LogP contribution is -2.14. The predicted octanol–water partition coefficient (Wildman–Crippen LogP) is 4.97. The molecule has 4 aromatic rings. The molecule has 2 atom stereocenters. The number of H-pyrrole nitrogens is 1. The van der Waals surface area contributed by atoms with E-state index in [-0.39, 0.29) is 17.7 Å². The highest BCUT2D eigenvalue weighted by atomic mass is 32.2. The van der Waals surface area contributed by atoms with E-state index in [2.05, 4.69) is 42.9 Å². The van der Waals surface area contributed by atoms with Crippen molar-refractivity contribution in [2.75, 3.05) is 30.6 Å². The van der Waals surface area contributed by atoms with Crippen molar-refractivity contribution in [1.29, 1.82) is 0 Å². The summed E-state index contributed by atoms with van der Waals surface area (Å²) in [5.41, 5.74) is 2.77. The van der Waals surface area contributed by atoms with Crippen LogP contribution in [0.5, 0.6) is 11.5 Å². The zero-order valence-electron chi connectivity index (χ0n) is 19.7. The van der Waals surface area contributed by atoms with Crippen molar-refractivity contribution in [3.05, 3.63) is 54.2 Å². The van der Waals surface area contributed by atoms with Crippen LogP contribution in [0, 0.1) is 5.92 Å². The van der Waals surface area contributed by atoms with E-state index in [1.54, 1.807) is 13.3 Å². The molecular formula is C25H26N6O3S. The van der Waals surface area contributed by atoms with Crippen LogP contribution in [0.2, 0.25) is 0 Å². The molecule has 1 aliphatic carbocycles. The Kier molecular flexibility index (Phi) is 6.45. The third-order valence-electron chi connectivity index (χ3n) is 5.95. The lowest BCUT2D eigenvalue weighted by Gasteiger charge is -2.10. The first-order valence-electron chi connectivity index (χ1n) is 11.3. The molecule has 2 heterocycles. The average Bonchev–Trinajstić information content (AvgIpc) is 3.60. The van der Waals surface area contributed by atoms with Crippen LogP contribution in [0.1, 0.15) is 24.8 Å². The normalized spacial score (nSPS) is 16.7. The summed E-state index contributed by atoms with van der Waals surface area (Å²) < 4.78 is 10.8. The zero-order valence-corrected chi connectivity index (χ0v) is 20.5. The summed E-state index contributed by atoms with van der Waals surface area (Å²) in [6.45, 7) is 2.43. The second-order valence-corrected chi connectivity index (χ2v) is 8.94. The average molecular weight is 491 g/mol. The number of nitrogens with zero attached hydrogens (tertiary/aromatic N) is 3. The van der Waals surface area contributed by atoms with E-state index in [4.69, 9.17) is 9.47 Å². The number of hydrogen-bond acceptors (Lipinski definition) is 8. The molecule has 10 heteroatoms. The van der Waals surface area contributed by atoms with E-state index in [1.807, 2.05) is 43.5 Å². The van der Waals surface area contributed by atoms with E-state index in [0.29, 0.717) is 29.1 Å². The SMILES string of the molecule is CCOc1cnc(SC)nc1Nc1n[nH]c2cc([C@@H]3CC3C(=O)Nc3ccc(OC)cc3)ccc12. The second-order valence-electron chi connectivity index (χ2n) is 8.17. The van der Waals surface area contributed by atoms with Gasteiger partial charge in [0.2, 0.25) is 5.91 Å². The van der Waals surface area contributed by atoms with E-state index in [9.17, 15) is 4.79 Å². The first-order chi connectivity index (χ1) is 17.1. The highest BCUT2D eigenvalue weighted by Gasteiger charge is 2.44. The van der Waals surface area contributed by atoms with Gasteiger partial charge in [-0.3, -0.25) is 9.89 Å². The predicted molar refractivity (Wildman–Crippen MR) is 137 cm³/mol. The number of carbonyl (C=O) groups excluding carboxylic acids is 1. The van der Waals surface area contributed by atoms with Gasteiger partial charge in [0.25, 0.3) is 0 Å². The van der Waals surface area contributed by atoms with Crippen LogP contribution in [0.4, 0.5) is 17.3 Å². The number of thioether (sulfide) groups is 1. The van der Waals surface area contributed by atoms with Crippen molar-refractivity contribution >= 4 is 45.9 Å². The molecule has 1 unspecified atom stereocenters. The number of amides is 1. The van der Waals surface area contributed by atoms with Gasteiger partial charge in [0.1, 0.15) is 5.75 Å². The molecule has 0 radical (unpaired) electrons. The number of aromatic nitrogens is 4. The largest absolute Gasteiger partial charge is 0.497 e. The van der Waals surface area contributed by atoms with Gasteiger partial charge in [0, 0.05) is 17.0 Å². The second kappa shape index (κ2) is 9.83. The van der Waals surface area contributed by atoms with Crippen LogP contribution in [-0.4, -0.2) is 46.0 Å². The maximum absolute atomic E-state index is 12.7. The first-order valence-corrected chi connectivity index (χ1v) is 12.6. The number of carbonyl (C=O) groups is 1. The molecule has 5 rings (SSSR count). The quantitative estimate of drug-likeness (QED) is 0.223. The summed E-state index contributed by atoms with van der Waals surface area (Å²) in [5, 5.41) is 15.4. The maximum Gasteiger partial charge on any atom is 0.228 e. The number of hydrogen-bond donors (Lipinski definition) is 3. The highest BCUT2D eigenvalue weighted by Crippen LogP contribution is 2.48. The molecule has 180 valence electrons. The van der Waals surface area contributed by atoms with Crippen LogP contribution in [-0.2, 0) is 4.79 Å². The number of ether oxygens (including phenoxy) is 2. The minimum absolute atomic E-state index is 0.0315. The lowest BCUT2D eigenvalue weighted by molar-refractivity contribution is -0.117. The fourth-order valence-electron chi connectivity index (χ4n) is 4.04. The zero-order chi connectivity index (χ0) is 24.4. The van der Waals surface area contributed by atoms with Gasteiger partial charge in [-0.1, -0.05) is 17.8 Å². The minimum Gasteiger partial charge on any atom is -0.497 e. The van der Waals surface area contributed by atoms with Crippen molar-refractivity contribution in [3.8, 4) is 11.5 Å². The standard InChI is InChI=1S/C25H26N6O3S/c1-4-34-21-13-26-25(35-3)29-23(21)28-22-17-10-5-14(11-20(17)30-31-22)18-12-19(18)24(32)27-15-6-8-16(33-2)9-7-15/h5-11,13,18-19H,4,12H2,1-3H3,(H,27,32)(H2,26,28,29,30,31)/t18-,19?/m0/s1. The fourth-order valence-corrected chi connectivity index (χ4v) is 4.38.